The summed E-state index contributed by atoms with van der Waals surface area (Å²) in [5.74, 6) is 1.59. The second-order valence-corrected chi connectivity index (χ2v) is 10.4. The third-order valence-electron chi connectivity index (χ3n) is 5.58. The molecule has 2 heterocycles. The van der Waals surface area contributed by atoms with Crippen LogP contribution in [0.25, 0.3) is 11.0 Å². The lowest BCUT2D eigenvalue weighted by Gasteiger charge is -2.26. The van der Waals surface area contributed by atoms with Crippen LogP contribution in [0.5, 0.6) is 0 Å². The molecule has 1 saturated heterocycles. The molecule has 1 amide bonds. The van der Waals surface area contributed by atoms with Gasteiger partial charge in [0.1, 0.15) is 5.82 Å². The highest BCUT2D eigenvalue weighted by atomic mass is 32.2. The Hall–Kier alpha value is -2.51. The summed E-state index contributed by atoms with van der Waals surface area (Å²) in [6.45, 7) is 10.8. The fourth-order valence-electron chi connectivity index (χ4n) is 4.09. The van der Waals surface area contributed by atoms with E-state index in [1.54, 1.807) is 11.9 Å². The molecule has 1 atom stereocenters. The summed E-state index contributed by atoms with van der Waals surface area (Å²) in [6, 6.07) is 14.2. The molecule has 4 rings (SSSR count). The van der Waals surface area contributed by atoms with E-state index in [2.05, 4.69) is 53.6 Å². The van der Waals surface area contributed by atoms with E-state index in [-0.39, 0.29) is 11.3 Å². The Morgan fingerprint density at radius 3 is 2.59 bits per heavy atom. The molecule has 1 aliphatic rings. The van der Waals surface area contributed by atoms with E-state index in [0.29, 0.717) is 5.92 Å². The fourth-order valence-corrected chi connectivity index (χ4v) is 4.72. The number of nitrogens with one attached hydrogen (secondary N) is 2. The van der Waals surface area contributed by atoms with Crippen molar-refractivity contribution < 1.29 is 9.53 Å². The SMILES string of the molecule is CC(=O)Nc1ccc(SNc2ccc3c(c2)nc(C(C)(C)C)n3CC2CCCOC2)cc1. The molecule has 0 bridgehead atoms. The van der Waals surface area contributed by atoms with E-state index in [0.717, 1.165) is 53.8 Å². The molecule has 0 aliphatic carbocycles. The van der Waals surface area contributed by atoms with E-state index >= 15 is 0 Å². The molecule has 2 N–H and O–H groups in total. The van der Waals surface area contributed by atoms with Crippen molar-refractivity contribution in [3.05, 3.63) is 48.3 Å². The fraction of sp³-hybridized carbons (Fsp3) is 0.440. The minimum atomic E-state index is -0.0677. The van der Waals surface area contributed by atoms with Gasteiger partial charge in [-0.15, -0.1) is 0 Å². The zero-order valence-corrected chi connectivity index (χ0v) is 20.1. The van der Waals surface area contributed by atoms with Crippen molar-refractivity contribution in [3.8, 4) is 0 Å². The highest BCUT2D eigenvalue weighted by Crippen LogP contribution is 2.31. The van der Waals surface area contributed by atoms with Crippen LogP contribution in [0.4, 0.5) is 11.4 Å². The van der Waals surface area contributed by atoms with E-state index in [4.69, 9.17) is 9.72 Å². The maximum Gasteiger partial charge on any atom is 0.221 e. The number of hydrogen-bond acceptors (Lipinski definition) is 5. The third kappa shape index (κ3) is 5.45. The average molecular weight is 453 g/mol. The zero-order chi connectivity index (χ0) is 22.7. The summed E-state index contributed by atoms with van der Waals surface area (Å²) in [5, 5.41) is 2.79. The number of imidazole rings is 1. The van der Waals surface area contributed by atoms with Gasteiger partial charge in [0.25, 0.3) is 0 Å². The molecule has 0 spiro atoms. The Bertz CT molecular complexity index is 1080. The summed E-state index contributed by atoms with van der Waals surface area (Å²) in [7, 11) is 0. The molecule has 6 nitrogen and oxygen atoms in total. The molecule has 7 heteroatoms. The summed E-state index contributed by atoms with van der Waals surface area (Å²) >= 11 is 1.54. The molecule has 1 aliphatic heterocycles. The number of fused-ring (bicyclic) bond motifs is 1. The first kappa shape index (κ1) is 22.7. The van der Waals surface area contributed by atoms with Crippen molar-refractivity contribution >= 4 is 40.3 Å². The quantitative estimate of drug-likeness (QED) is 0.460. The number of nitrogens with zero attached hydrogens (tertiary/aromatic N) is 2. The van der Waals surface area contributed by atoms with Gasteiger partial charge in [-0.1, -0.05) is 20.8 Å². The van der Waals surface area contributed by atoms with Crippen molar-refractivity contribution in [1.29, 1.82) is 0 Å². The lowest BCUT2D eigenvalue weighted by molar-refractivity contribution is -0.114. The number of aromatic nitrogens is 2. The number of hydrogen-bond donors (Lipinski definition) is 2. The number of carbonyl (C=O) groups is 1. The number of carbonyl (C=O) groups excluding carboxylic acids is 1. The molecule has 0 saturated carbocycles. The van der Waals surface area contributed by atoms with Gasteiger partial charge in [-0.3, -0.25) is 4.79 Å². The van der Waals surface area contributed by atoms with Gasteiger partial charge in [-0.05, 0) is 67.3 Å². The molecule has 1 aromatic heterocycles. The van der Waals surface area contributed by atoms with Crippen molar-refractivity contribution in [2.75, 3.05) is 23.3 Å². The second kappa shape index (κ2) is 9.55. The van der Waals surface area contributed by atoms with Crippen LogP contribution in [-0.2, 0) is 21.5 Å². The summed E-state index contributed by atoms with van der Waals surface area (Å²) < 4.78 is 11.5. The van der Waals surface area contributed by atoms with Gasteiger partial charge >= 0.3 is 0 Å². The third-order valence-corrected chi connectivity index (χ3v) is 6.42. The van der Waals surface area contributed by atoms with Crippen LogP contribution in [0.15, 0.2) is 47.4 Å². The summed E-state index contributed by atoms with van der Waals surface area (Å²) in [6.07, 6.45) is 2.35. The van der Waals surface area contributed by atoms with Crippen LogP contribution in [0, 0.1) is 5.92 Å². The van der Waals surface area contributed by atoms with Crippen LogP contribution < -0.4 is 10.0 Å². The Morgan fingerprint density at radius 2 is 1.94 bits per heavy atom. The molecule has 1 unspecified atom stereocenters. The standard InChI is InChI=1S/C25H32N4O2S/c1-17(30)26-19-7-10-21(11-8-19)32-28-20-9-12-23-22(14-20)27-24(25(2,3)4)29(23)15-18-6-5-13-31-16-18/h7-12,14,18,28H,5-6,13,15-16H2,1-4H3,(H,26,30). The topological polar surface area (TPSA) is 68.2 Å². The normalized spacial score (nSPS) is 16.8. The van der Waals surface area contributed by atoms with Crippen LogP contribution in [0.3, 0.4) is 0 Å². The minimum absolute atomic E-state index is 0.0352. The van der Waals surface area contributed by atoms with Crippen molar-refractivity contribution in [2.45, 2.75) is 57.4 Å². The number of benzene rings is 2. The van der Waals surface area contributed by atoms with Crippen molar-refractivity contribution in [2.24, 2.45) is 5.92 Å². The Morgan fingerprint density at radius 1 is 1.19 bits per heavy atom. The van der Waals surface area contributed by atoms with Gasteiger partial charge in [0.15, 0.2) is 0 Å². The highest BCUT2D eigenvalue weighted by Gasteiger charge is 2.25. The van der Waals surface area contributed by atoms with Gasteiger partial charge < -0.3 is 19.3 Å². The number of rotatable bonds is 6. The minimum Gasteiger partial charge on any atom is -0.381 e. The molecule has 170 valence electrons. The van der Waals surface area contributed by atoms with Gasteiger partial charge in [0, 0.05) is 47.7 Å². The van der Waals surface area contributed by atoms with Gasteiger partial charge in [-0.25, -0.2) is 4.98 Å². The van der Waals surface area contributed by atoms with Crippen LogP contribution in [0.1, 0.15) is 46.4 Å². The predicted octanol–water partition coefficient (Wildman–Crippen LogP) is 5.84. The van der Waals surface area contributed by atoms with E-state index < -0.39 is 0 Å². The van der Waals surface area contributed by atoms with Crippen molar-refractivity contribution in [1.82, 2.24) is 9.55 Å². The van der Waals surface area contributed by atoms with Crippen LogP contribution in [0.2, 0.25) is 0 Å². The van der Waals surface area contributed by atoms with Crippen LogP contribution >= 0.6 is 11.9 Å². The number of ether oxygens (including phenoxy) is 1. The Kier molecular flexibility index (Phi) is 6.76. The molecular formula is C25H32N4O2S. The Labute approximate surface area is 194 Å². The zero-order valence-electron chi connectivity index (χ0n) is 19.3. The van der Waals surface area contributed by atoms with Crippen LogP contribution in [-0.4, -0.2) is 28.7 Å². The maximum absolute atomic E-state index is 11.2. The molecular weight excluding hydrogens is 420 g/mol. The summed E-state index contributed by atoms with van der Waals surface area (Å²) in [4.78, 5) is 17.3. The molecule has 0 radical (unpaired) electrons. The average Bonchev–Trinajstić information content (AvgIpc) is 3.12. The van der Waals surface area contributed by atoms with E-state index in [9.17, 15) is 4.79 Å². The molecule has 3 aromatic rings. The maximum atomic E-state index is 11.2. The van der Waals surface area contributed by atoms with Gasteiger partial charge in [0.2, 0.25) is 5.91 Å². The predicted molar refractivity (Wildman–Crippen MR) is 132 cm³/mol. The monoisotopic (exact) mass is 452 g/mol. The number of amides is 1. The largest absolute Gasteiger partial charge is 0.381 e. The molecule has 2 aromatic carbocycles. The van der Waals surface area contributed by atoms with E-state index in [1.807, 2.05) is 24.3 Å². The first-order valence-electron chi connectivity index (χ1n) is 11.2. The summed E-state index contributed by atoms with van der Waals surface area (Å²) in [5.41, 5.74) is 3.97. The second-order valence-electron chi connectivity index (χ2n) is 9.49. The number of anilines is 2. The smallest absolute Gasteiger partial charge is 0.221 e. The lowest BCUT2D eigenvalue weighted by atomic mass is 9.95. The first-order valence-corrected chi connectivity index (χ1v) is 12.0. The first-order chi connectivity index (χ1) is 15.3. The van der Waals surface area contributed by atoms with Gasteiger partial charge in [0.05, 0.1) is 17.6 Å². The van der Waals surface area contributed by atoms with Gasteiger partial charge in [-0.2, -0.15) is 0 Å². The molecule has 32 heavy (non-hydrogen) atoms. The Balaban J connectivity index is 1.52. The van der Waals surface area contributed by atoms with E-state index in [1.165, 1.54) is 18.9 Å². The molecule has 1 fully saturated rings. The van der Waals surface area contributed by atoms with Crippen molar-refractivity contribution in [3.63, 3.8) is 0 Å². The highest BCUT2D eigenvalue weighted by molar-refractivity contribution is 8.00. The lowest BCUT2D eigenvalue weighted by Crippen LogP contribution is -2.26.